The number of anilines is 1. The zero-order chi connectivity index (χ0) is 11.4. The molecule has 3 nitrogen and oxygen atoms in total. The molecule has 0 amide bonds. The first-order chi connectivity index (χ1) is 7.79. The van der Waals surface area contributed by atoms with E-state index in [2.05, 4.69) is 35.4 Å². The highest BCUT2D eigenvalue weighted by Crippen LogP contribution is 2.26. The van der Waals surface area contributed by atoms with E-state index in [1.807, 2.05) is 0 Å². The van der Waals surface area contributed by atoms with Crippen LogP contribution in [-0.2, 0) is 4.74 Å². The fraction of sp³-hybridized carbons (Fsp3) is 0.417. The third-order valence-electron chi connectivity index (χ3n) is 2.35. The Hall–Kier alpha value is -1.13. The van der Waals surface area contributed by atoms with Crippen LogP contribution in [0, 0.1) is 6.92 Å². The maximum Gasteiger partial charge on any atom is 0.183 e. The minimum absolute atomic E-state index is 0.789. The summed E-state index contributed by atoms with van der Waals surface area (Å²) in [5.41, 5.74) is 2.35. The number of hydrogen-bond donors (Lipinski definition) is 1. The van der Waals surface area contributed by atoms with Gasteiger partial charge in [-0.15, -0.1) is 0 Å². The van der Waals surface area contributed by atoms with Crippen LogP contribution in [0.5, 0.6) is 0 Å². The Morgan fingerprint density at radius 3 is 3.12 bits per heavy atom. The minimum Gasteiger partial charge on any atom is -0.385 e. The van der Waals surface area contributed by atoms with Crippen LogP contribution in [0.1, 0.15) is 12.0 Å². The van der Waals surface area contributed by atoms with Crippen molar-refractivity contribution in [3.63, 3.8) is 0 Å². The number of hydrogen-bond acceptors (Lipinski definition) is 4. The molecule has 1 N–H and O–H groups in total. The maximum atomic E-state index is 5.00. The molecule has 86 valence electrons. The third kappa shape index (κ3) is 2.71. The largest absolute Gasteiger partial charge is 0.385 e. The molecule has 0 bridgehead atoms. The molecule has 0 saturated heterocycles. The predicted octanol–water partition coefficient (Wildman–Crippen LogP) is 3.05. The van der Waals surface area contributed by atoms with Gasteiger partial charge in [-0.25, -0.2) is 4.98 Å². The molecule has 1 aromatic carbocycles. The second-order valence-electron chi connectivity index (χ2n) is 3.76. The number of benzene rings is 1. The zero-order valence-electron chi connectivity index (χ0n) is 9.62. The van der Waals surface area contributed by atoms with Crippen LogP contribution in [0.15, 0.2) is 18.2 Å². The number of fused-ring (bicyclic) bond motifs is 1. The van der Waals surface area contributed by atoms with E-state index in [-0.39, 0.29) is 0 Å². The first kappa shape index (κ1) is 11.4. The van der Waals surface area contributed by atoms with Crippen LogP contribution in [-0.4, -0.2) is 25.2 Å². The van der Waals surface area contributed by atoms with Gasteiger partial charge in [-0.05, 0) is 31.0 Å². The maximum absolute atomic E-state index is 5.00. The molecule has 0 radical (unpaired) electrons. The molecule has 0 aliphatic rings. The fourth-order valence-electron chi connectivity index (χ4n) is 1.52. The highest BCUT2D eigenvalue weighted by atomic mass is 32.1. The van der Waals surface area contributed by atoms with Crippen molar-refractivity contribution in [2.24, 2.45) is 0 Å². The lowest BCUT2D eigenvalue weighted by atomic mass is 10.2. The monoisotopic (exact) mass is 236 g/mol. The van der Waals surface area contributed by atoms with Gasteiger partial charge in [0.2, 0.25) is 0 Å². The van der Waals surface area contributed by atoms with Crippen LogP contribution in [0.4, 0.5) is 5.13 Å². The Kier molecular flexibility index (Phi) is 3.74. The van der Waals surface area contributed by atoms with Gasteiger partial charge in [0.15, 0.2) is 5.13 Å². The van der Waals surface area contributed by atoms with Crippen molar-refractivity contribution < 1.29 is 4.74 Å². The molecule has 2 rings (SSSR count). The SMILES string of the molecule is COCCCNc1nc2ccc(C)cc2s1. The lowest BCUT2D eigenvalue weighted by Crippen LogP contribution is -2.03. The van der Waals surface area contributed by atoms with Gasteiger partial charge in [-0.3, -0.25) is 0 Å². The number of methoxy groups -OCH3 is 1. The van der Waals surface area contributed by atoms with Crippen molar-refractivity contribution in [2.75, 3.05) is 25.6 Å². The summed E-state index contributed by atoms with van der Waals surface area (Å²) in [7, 11) is 1.72. The molecule has 0 atom stereocenters. The molecule has 0 spiro atoms. The van der Waals surface area contributed by atoms with Gasteiger partial charge >= 0.3 is 0 Å². The van der Waals surface area contributed by atoms with Gasteiger partial charge in [0.05, 0.1) is 10.2 Å². The first-order valence-corrected chi connectivity index (χ1v) is 6.21. The summed E-state index contributed by atoms with van der Waals surface area (Å²) >= 11 is 1.71. The van der Waals surface area contributed by atoms with Crippen LogP contribution in [0.3, 0.4) is 0 Å². The molecule has 0 aliphatic carbocycles. The van der Waals surface area contributed by atoms with Crippen LogP contribution in [0.25, 0.3) is 10.2 Å². The molecule has 1 aromatic heterocycles. The van der Waals surface area contributed by atoms with E-state index in [4.69, 9.17) is 4.74 Å². The Morgan fingerprint density at radius 2 is 2.31 bits per heavy atom. The van der Waals surface area contributed by atoms with Crippen molar-refractivity contribution in [1.29, 1.82) is 0 Å². The van der Waals surface area contributed by atoms with Gasteiger partial charge < -0.3 is 10.1 Å². The Balaban J connectivity index is 2.02. The normalized spacial score (nSPS) is 10.9. The fourth-order valence-corrected chi connectivity index (χ4v) is 2.51. The van der Waals surface area contributed by atoms with Crippen LogP contribution < -0.4 is 5.32 Å². The molecule has 0 saturated carbocycles. The topological polar surface area (TPSA) is 34.1 Å². The summed E-state index contributed by atoms with van der Waals surface area (Å²) in [6, 6.07) is 6.34. The number of aryl methyl sites for hydroxylation is 1. The molecular weight excluding hydrogens is 220 g/mol. The van der Waals surface area contributed by atoms with Crippen LogP contribution >= 0.6 is 11.3 Å². The number of ether oxygens (including phenoxy) is 1. The van der Waals surface area contributed by atoms with E-state index in [1.165, 1.54) is 10.3 Å². The quantitative estimate of drug-likeness (QED) is 0.810. The van der Waals surface area contributed by atoms with Crippen LogP contribution in [0.2, 0.25) is 0 Å². The summed E-state index contributed by atoms with van der Waals surface area (Å²) in [5.74, 6) is 0. The molecule has 16 heavy (non-hydrogen) atoms. The second-order valence-corrected chi connectivity index (χ2v) is 4.79. The average Bonchev–Trinajstić information content (AvgIpc) is 2.66. The van der Waals surface area contributed by atoms with E-state index in [9.17, 15) is 0 Å². The predicted molar refractivity (Wildman–Crippen MR) is 69.3 cm³/mol. The Morgan fingerprint density at radius 1 is 1.44 bits per heavy atom. The molecule has 0 fully saturated rings. The third-order valence-corrected chi connectivity index (χ3v) is 3.32. The molecular formula is C12H16N2OS. The van der Waals surface area contributed by atoms with Crippen molar-refractivity contribution in [1.82, 2.24) is 4.98 Å². The average molecular weight is 236 g/mol. The highest BCUT2D eigenvalue weighted by Gasteiger charge is 2.02. The number of aromatic nitrogens is 1. The van der Waals surface area contributed by atoms with Crippen molar-refractivity contribution in [3.8, 4) is 0 Å². The van der Waals surface area contributed by atoms with Gasteiger partial charge in [0.25, 0.3) is 0 Å². The molecule has 0 unspecified atom stereocenters. The number of nitrogens with zero attached hydrogens (tertiary/aromatic N) is 1. The summed E-state index contributed by atoms with van der Waals surface area (Å²) in [6.45, 7) is 3.80. The number of rotatable bonds is 5. The smallest absolute Gasteiger partial charge is 0.183 e. The van der Waals surface area contributed by atoms with Gasteiger partial charge in [-0.1, -0.05) is 17.4 Å². The minimum atomic E-state index is 0.789. The Bertz CT molecular complexity index is 467. The lowest BCUT2D eigenvalue weighted by Gasteiger charge is -2.00. The van der Waals surface area contributed by atoms with Gasteiger partial charge in [-0.2, -0.15) is 0 Å². The summed E-state index contributed by atoms with van der Waals surface area (Å²) in [4.78, 5) is 4.52. The second kappa shape index (κ2) is 5.27. The summed E-state index contributed by atoms with van der Waals surface area (Å²) in [5, 5.41) is 4.31. The van der Waals surface area contributed by atoms with E-state index in [1.54, 1.807) is 18.4 Å². The van der Waals surface area contributed by atoms with E-state index >= 15 is 0 Å². The van der Waals surface area contributed by atoms with Crippen molar-refractivity contribution in [2.45, 2.75) is 13.3 Å². The zero-order valence-corrected chi connectivity index (χ0v) is 10.4. The molecule has 4 heteroatoms. The summed E-state index contributed by atoms with van der Waals surface area (Å²) in [6.07, 6.45) is 1.01. The molecule has 2 aromatic rings. The van der Waals surface area contributed by atoms with Gasteiger partial charge in [0.1, 0.15) is 0 Å². The van der Waals surface area contributed by atoms with Gasteiger partial charge in [0, 0.05) is 20.3 Å². The first-order valence-electron chi connectivity index (χ1n) is 5.39. The van der Waals surface area contributed by atoms with E-state index < -0.39 is 0 Å². The van der Waals surface area contributed by atoms with E-state index in [0.29, 0.717) is 0 Å². The highest BCUT2D eigenvalue weighted by molar-refractivity contribution is 7.22. The Labute approximate surface area is 99.5 Å². The van der Waals surface area contributed by atoms with Crippen molar-refractivity contribution >= 4 is 26.7 Å². The lowest BCUT2D eigenvalue weighted by molar-refractivity contribution is 0.198. The summed E-state index contributed by atoms with van der Waals surface area (Å²) < 4.78 is 6.24. The van der Waals surface area contributed by atoms with Crippen molar-refractivity contribution in [3.05, 3.63) is 23.8 Å². The molecule has 1 heterocycles. The van der Waals surface area contributed by atoms with E-state index in [0.717, 1.165) is 30.2 Å². The molecule has 0 aliphatic heterocycles. The number of nitrogens with one attached hydrogen (secondary N) is 1. The number of thiazole rings is 1. The standard InChI is InChI=1S/C12H16N2OS/c1-9-4-5-10-11(8-9)16-12(14-10)13-6-3-7-15-2/h4-5,8H,3,6-7H2,1-2H3,(H,13,14).